The fourth-order valence-electron chi connectivity index (χ4n) is 3.57. The average Bonchev–Trinajstić information content (AvgIpc) is 2.71. The molecule has 4 heteroatoms. The molecule has 0 N–H and O–H groups in total. The predicted octanol–water partition coefficient (Wildman–Crippen LogP) is 3.93. The van der Waals surface area contributed by atoms with Crippen molar-refractivity contribution >= 4 is 16.9 Å². The van der Waals surface area contributed by atoms with Crippen molar-refractivity contribution in [2.24, 2.45) is 7.05 Å². The molecule has 23 heavy (non-hydrogen) atoms. The van der Waals surface area contributed by atoms with Crippen LogP contribution in [0.1, 0.15) is 22.4 Å². The van der Waals surface area contributed by atoms with Gasteiger partial charge in [0.15, 0.2) is 5.82 Å². The van der Waals surface area contributed by atoms with Gasteiger partial charge in [-0.25, -0.2) is 9.97 Å². The first-order chi connectivity index (χ1) is 10.8. The minimum atomic E-state index is 0.953. The first-order valence-electron chi connectivity index (χ1n) is 7.88. The number of aromatic nitrogens is 3. The maximum absolute atomic E-state index is 4.63. The first-order valence-corrected chi connectivity index (χ1v) is 7.88. The van der Waals surface area contributed by atoms with Crippen LogP contribution in [0.3, 0.4) is 0 Å². The van der Waals surface area contributed by atoms with Crippen LogP contribution >= 0.6 is 0 Å². The summed E-state index contributed by atoms with van der Waals surface area (Å²) in [7, 11) is 6.13. The van der Waals surface area contributed by atoms with E-state index < -0.39 is 0 Å². The van der Waals surface area contributed by atoms with Gasteiger partial charge in [0.25, 0.3) is 0 Å². The van der Waals surface area contributed by atoms with Crippen LogP contribution in [0.25, 0.3) is 22.2 Å². The summed E-state index contributed by atoms with van der Waals surface area (Å²) in [4.78, 5) is 11.1. The summed E-state index contributed by atoms with van der Waals surface area (Å²) in [6, 6.07) is 4.49. The van der Waals surface area contributed by atoms with Gasteiger partial charge in [-0.05, 0) is 44.4 Å². The third-order valence-corrected chi connectivity index (χ3v) is 4.59. The van der Waals surface area contributed by atoms with Gasteiger partial charge in [-0.3, -0.25) is 0 Å². The van der Waals surface area contributed by atoms with Gasteiger partial charge in [0.1, 0.15) is 17.4 Å². The van der Waals surface area contributed by atoms with E-state index in [1.807, 2.05) is 19.0 Å². The molecule has 0 aliphatic rings. The van der Waals surface area contributed by atoms with E-state index >= 15 is 0 Å². The lowest BCUT2D eigenvalue weighted by atomic mass is 9.93. The van der Waals surface area contributed by atoms with Gasteiger partial charge in [-0.15, -0.1) is 0 Å². The Kier molecular flexibility index (Phi) is 3.63. The minimum Gasteiger partial charge on any atom is -0.361 e. The Morgan fingerprint density at radius 2 is 1.52 bits per heavy atom. The zero-order valence-corrected chi connectivity index (χ0v) is 15.0. The molecule has 4 nitrogen and oxygen atoms in total. The van der Waals surface area contributed by atoms with Gasteiger partial charge in [0, 0.05) is 32.4 Å². The number of aryl methyl sites for hydroxylation is 4. The molecule has 2 heterocycles. The van der Waals surface area contributed by atoms with E-state index in [0.29, 0.717) is 0 Å². The summed E-state index contributed by atoms with van der Waals surface area (Å²) < 4.78 is 2.21. The molecule has 0 saturated carbocycles. The lowest BCUT2D eigenvalue weighted by Crippen LogP contribution is -2.12. The van der Waals surface area contributed by atoms with Crippen LogP contribution in [0.2, 0.25) is 0 Å². The van der Waals surface area contributed by atoms with Gasteiger partial charge in [-0.1, -0.05) is 17.7 Å². The molecule has 0 fully saturated rings. The standard InChI is InChI=1S/C19H24N4/c1-11-8-12(2)15(13(3)9-11)16-14(4)23(7)18-17(16)20-10-21-19(18)22(5)6/h8-10H,1-7H3. The van der Waals surface area contributed by atoms with E-state index in [2.05, 4.69) is 61.4 Å². The smallest absolute Gasteiger partial charge is 0.156 e. The van der Waals surface area contributed by atoms with Crippen molar-refractivity contribution in [2.45, 2.75) is 27.7 Å². The zero-order valence-electron chi connectivity index (χ0n) is 15.0. The highest BCUT2D eigenvalue weighted by atomic mass is 15.2. The molecule has 0 aliphatic heterocycles. The number of benzene rings is 1. The molecule has 0 amide bonds. The largest absolute Gasteiger partial charge is 0.361 e. The Morgan fingerprint density at radius 3 is 2.09 bits per heavy atom. The van der Waals surface area contributed by atoms with Crippen molar-refractivity contribution in [3.05, 3.63) is 40.8 Å². The lowest BCUT2D eigenvalue weighted by Gasteiger charge is -2.13. The lowest BCUT2D eigenvalue weighted by molar-refractivity contribution is 0.907. The molecule has 1 aromatic carbocycles. The monoisotopic (exact) mass is 308 g/mol. The number of hydrogen-bond acceptors (Lipinski definition) is 3. The molecule has 0 saturated heterocycles. The number of anilines is 1. The highest BCUT2D eigenvalue weighted by molar-refractivity contribution is 6.01. The topological polar surface area (TPSA) is 34.0 Å². The number of hydrogen-bond donors (Lipinski definition) is 0. The molecular formula is C19H24N4. The molecule has 2 aromatic heterocycles. The van der Waals surface area contributed by atoms with Gasteiger partial charge in [0.2, 0.25) is 0 Å². The van der Waals surface area contributed by atoms with Gasteiger partial charge >= 0.3 is 0 Å². The number of rotatable bonds is 2. The Hall–Kier alpha value is -2.36. The Morgan fingerprint density at radius 1 is 0.913 bits per heavy atom. The molecule has 0 unspecified atom stereocenters. The molecule has 3 rings (SSSR count). The van der Waals surface area contributed by atoms with Gasteiger partial charge in [0.05, 0.1) is 0 Å². The second-order valence-electron chi connectivity index (χ2n) is 6.58. The van der Waals surface area contributed by atoms with E-state index in [-0.39, 0.29) is 0 Å². The van der Waals surface area contributed by atoms with Gasteiger partial charge in [-0.2, -0.15) is 0 Å². The van der Waals surface area contributed by atoms with Gasteiger partial charge < -0.3 is 9.47 Å². The Bertz CT molecular complexity index is 880. The SMILES string of the molecule is Cc1cc(C)c(-c2c(C)n(C)c3c(N(C)C)ncnc23)c(C)c1. The summed E-state index contributed by atoms with van der Waals surface area (Å²) in [6.45, 7) is 8.67. The Balaban J connectivity index is 2.45. The van der Waals surface area contributed by atoms with Crippen molar-refractivity contribution in [2.75, 3.05) is 19.0 Å². The highest BCUT2D eigenvalue weighted by Crippen LogP contribution is 2.39. The number of nitrogens with zero attached hydrogens (tertiary/aromatic N) is 4. The van der Waals surface area contributed by atoms with E-state index in [1.54, 1.807) is 6.33 Å². The average molecular weight is 308 g/mol. The second kappa shape index (κ2) is 5.37. The van der Waals surface area contributed by atoms with Crippen LogP contribution in [-0.4, -0.2) is 28.6 Å². The summed E-state index contributed by atoms with van der Waals surface area (Å²) in [5.41, 5.74) is 9.74. The Labute approximate surface area is 137 Å². The van der Waals surface area contributed by atoms with Crippen LogP contribution in [0.4, 0.5) is 5.82 Å². The van der Waals surface area contributed by atoms with Crippen LogP contribution in [0.15, 0.2) is 18.5 Å². The summed E-state index contributed by atoms with van der Waals surface area (Å²) in [5, 5.41) is 0. The first kappa shape index (κ1) is 15.5. The third-order valence-electron chi connectivity index (χ3n) is 4.59. The molecule has 0 atom stereocenters. The summed E-state index contributed by atoms with van der Waals surface area (Å²) >= 11 is 0. The predicted molar refractivity (Wildman–Crippen MR) is 97.2 cm³/mol. The maximum Gasteiger partial charge on any atom is 0.156 e. The van der Waals surface area contributed by atoms with Crippen LogP contribution in [0, 0.1) is 27.7 Å². The molecular weight excluding hydrogens is 284 g/mol. The molecule has 3 aromatic rings. The third kappa shape index (κ3) is 2.29. The van der Waals surface area contributed by atoms with Crippen molar-refractivity contribution in [1.82, 2.24) is 14.5 Å². The van der Waals surface area contributed by atoms with Crippen molar-refractivity contribution < 1.29 is 0 Å². The zero-order chi connectivity index (χ0) is 16.9. The molecule has 120 valence electrons. The second-order valence-corrected chi connectivity index (χ2v) is 6.58. The van der Waals surface area contributed by atoms with Crippen molar-refractivity contribution in [3.8, 4) is 11.1 Å². The van der Waals surface area contributed by atoms with E-state index in [4.69, 9.17) is 0 Å². The van der Waals surface area contributed by atoms with E-state index in [0.717, 1.165) is 16.9 Å². The van der Waals surface area contributed by atoms with Crippen molar-refractivity contribution in [3.63, 3.8) is 0 Å². The molecule has 0 radical (unpaired) electrons. The molecule has 0 bridgehead atoms. The molecule has 0 spiro atoms. The van der Waals surface area contributed by atoms with E-state index in [9.17, 15) is 0 Å². The summed E-state index contributed by atoms with van der Waals surface area (Å²) in [6.07, 6.45) is 1.67. The van der Waals surface area contributed by atoms with Crippen LogP contribution in [-0.2, 0) is 7.05 Å². The van der Waals surface area contributed by atoms with Crippen molar-refractivity contribution in [1.29, 1.82) is 0 Å². The highest BCUT2D eigenvalue weighted by Gasteiger charge is 2.21. The normalized spacial score (nSPS) is 11.3. The van der Waals surface area contributed by atoms with E-state index in [1.165, 1.54) is 33.5 Å². The quantitative estimate of drug-likeness (QED) is 0.719. The fourth-order valence-corrected chi connectivity index (χ4v) is 3.57. The summed E-state index contributed by atoms with van der Waals surface area (Å²) in [5.74, 6) is 0.953. The number of fused-ring (bicyclic) bond motifs is 1. The van der Waals surface area contributed by atoms with Crippen LogP contribution in [0.5, 0.6) is 0 Å². The van der Waals surface area contributed by atoms with Crippen LogP contribution < -0.4 is 4.90 Å². The molecule has 0 aliphatic carbocycles. The minimum absolute atomic E-state index is 0.953. The fraction of sp³-hybridized carbons (Fsp3) is 0.368. The maximum atomic E-state index is 4.63.